The number of ether oxygens (including phenoxy) is 2. The van der Waals surface area contributed by atoms with Crippen LogP contribution in [0, 0.1) is 0 Å². The van der Waals surface area contributed by atoms with Crippen molar-refractivity contribution in [2.75, 3.05) is 13.4 Å². The maximum atomic E-state index is 13.2. The van der Waals surface area contributed by atoms with E-state index in [0.717, 1.165) is 0 Å². The van der Waals surface area contributed by atoms with Gasteiger partial charge in [0.05, 0.1) is 11.6 Å². The van der Waals surface area contributed by atoms with Gasteiger partial charge in [-0.1, -0.05) is 11.6 Å². The standard InChI is InChI=1S/C9H8ClFO3/c10-6-2-9-8(13-4-14-9)1-5(6)7(11)3-12/h1-2,7,12H,3-4H2. The molecule has 0 bridgehead atoms. The summed E-state index contributed by atoms with van der Waals surface area (Å²) in [7, 11) is 0. The molecule has 0 saturated carbocycles. The molecule has 5 heteroatoms. The predicted molar refractivity (Wildman–Crippen MR) is 48.5 cm³/mol. The summed E-state index contributed by atoms with van der Waals surface area (Å²) in [4.78, 5) is 0. The largest absolute Gasteiger partial charge is 0.454 e. The number of fused-ring (bicyclic) bond motifs is 1. The van der Waals surface area contributed by atoms with E-state index in [2.05, 4.69) is 0 Å². The molecule has 0 radical (unpaired) electrons. The lowest BCUT2D eigenvalue weighted by molar-refractivity contribution is 0.172. The lowest BCUT2D eigenvalue weighted by Crippen LogP contribution is -1.98. The van der Waals surface area contributed by atoms with E-state index in [4.69, 9.17) is 26.2 Å². The van der Waals surface area contributed by atoms with Crippen molar-refractivity contribution in [3.63, 3.8) is 0 Å². The minimum Gasteiger partial charge on any atom is -0.454 e. The van der Waals surface area contributed by atoms with Crippen LogP contribution in [0.5, 0.6) is 11.5 Å². The molecule has 1 unspecified atom stereocenters. The summed E-state index contributed by atoms with van der Waals surface area (Å²) in [6.07, 6.45) is -1.49. The Morgan fingerprint density at radius 1 is 1.43 bits per heavy atom. The van der Waals surface area contributed by atoms with Crippen LogP contribution in [-0.4, -0.2) is 18.5 Å². The zero-order chi connectivity index (χ0) is 10.1. The maximum Gasteiger partial charge on any atom is 0.231 e. The van der Waals surface area contributed by atoms with Crippen molar-refractivity contribution in [2.24, 2.45) is 0 Å². The van der Waals surface area contributed by atoms with Crippen LogP contribution in [0.2, 0.25) is 5.02 Å². The molecule has 14 heavy (non-hydrogen) atoms. The molecular weight excluding hydrogens is 211 g/mol. The summed E-state index contributed by atoms with van der Waals surface area (Å²) in [5.74, 6) is 0.962. The molecule has 1 aliphatic heterocycles. The number of halogens is 2. The first-order valence-corrected chi connectivity index (χ1v) is 4.44. The zero-order valence-electron chi connectivity index (χ0n) is 7.17. The second-order valence-corrected chi connectivity index (χ2v) is 3.28. The van der Waals surface area contributed by atoms with Gasteiger partial charge < -0.3 is 14.6 Å². The fraction of sp³-hybridized carbons (Fsp3) is 0.333. The van der Waals surface area contributed by atoms with Crippen molar-refractivity contribution in [1.29, 1.82) is 0 Å². The number of hydrogen-bond donors (Lipinski definition) is 1. The fourth-order valence-electron chi connectivity index (χ4n) is 1.27. The number of aliphatic hydroxyl groups is 1. The van der Waals surface area contributed by atoms with Crippen molar-refractivity contribution in [2.45, 2.75) is 6.17 Å². The Bertz CT molecular complexity index is 356. The van der Waals surface area contributed by atoms with Crippen LogP contribution in [-0.2, 0) is 0 Å². The Labute approximate surface area is 85.0 Å². The molecule has 1 aromatic carbocycles. The van der Waals surface area contributed by atoms with Crippen molar-refractivity contribution in [1.82, 2.24) is 0 Å². The SMILES string of the molecule is OCC(F)c1cc2c(cc1Cl)OCO2. The van der Waals surface area contributed by atoms with Gasteiger partial charge in [0.25, 0.3) is 0 Å². The van der Waals surface area contributed by atoms with Gasteiger partial charge in [-0.25, -0.2) is 4.39 Å². The molecular formula is C9H8ClFO3. The topological polar surface area (TPSA) is 38.7 Å². The fourth-order valence-corrected chi connectivity index (χ4v) is 1.54. The van der Waals surface area contributed by atoms with Gasteiger partial charge >= 0.3 is 0 Å². The Balaban J connectivity index is 2.42. The highest BCUT2D eigenvalue weighted by Gasteiger charge is 2.20. The molecule has 0 aliphatic carbocycles. The quantitative estimate of drug-likeness (QED) is 0.826. The maximum absolute atomic E-state index is 13.2. The number of hydrogen-bond acceptors (Lipinski definition) is 3. The number of benzene rings is 1. The second kappa shape index (κ2) is 3.63. The molecule has 0 saturated heterocycles. The van der Waals surface area contributed by atoms with Crippen LogP contribution in [0.15, 0.2) is 12.1 Å². The van der Waals surface area contributed by atoms with Gasteiger partial charge in [-0.3, -0.25) is 0 Å². The average Bonchev–Trinajstić information content (AvgIpc) is 2.62. The summed E-state index contributed by atoms with van der Waals surface area (Å²) in [6, 6.07) is 2.94. The van der Waals surface area contributed by atoms with E-state index >= 15 is 0 Å². The van der Waals surface area contributed by atoms with Crippen molar-refractivity contribution >= 4 is 11.6 Å². The van der Waals surface area contributed by atoms with Crippen molar-refractivity contribution in [3.8, 4) is 11.5 Å². The van der Waals surface area contributed by atoms with E-state index < -0.39 is 12.8 Å². The molecule has 2 rings (SSSR count). The second-order valence-electron chi connectivity index (χ2n) is 2.88. The Kier molecular flexibility index (Phi) is 2.48. The summed E-state index contributed by atoms with van der Waals surface area (Å²) in [6.45, 7) is -0.482. The lowest BCUT2D eigenvalue weighted by atomic mass is 10.1. The molecule has 76 valence electrons. The number of aliphatic hydroxyl groups excluding tert-OH is 1. The van der Waals surface area contributed by atoms with Crippen LogP contribution in [0.3, 0.4) is 0 Å². The Morgan fingerprint density at radius 2 is 2.07 bits per heavy atom. The highest BCUT2D eigenvalue weighted by Crippen LogP contribution is 2.39. The number of rotatable bonds is 2. The van der Waals surface area contributed by atoms with Gasteiger partial charge in [-0.15, -0.1) is 0 Å². The van der Waals surface area contributed by atoms with Crippen LogP contribution in [0.4, 0.5) is 4.39 Å². The van der Waals surface area contributed by atoms with Gasteiger partial charge in [-0.05, 0) is 6.07 Å². The first-order valence-electron chi connectivity index (χ1n) is 4.06. The summed E-state index contributed by atoms with van der Waals surface area (Å²) in [5.41, 5.74) is 0.221. The van der Waals surface area contributed by atoms with Crippen molar-refractivity contribution in [3.05, 3.63) is 22.7 Å². The van der Waals surface area contributed by atoms with E-state index in [1.807, 2.05) is 0 Å². The molecule has 0 aromatic heterocycles. The first-order chi connectivity index (χ1) is 6.72. The Hall–Kier alpha value is -1.00. The van der Waals surface area contributed by atoms with E-state index in [9.17, 15) is 4.39 Å². The minimum atomic E-state index is -1.49. The van der Waals surface area contributed by atoms with Gasteiger partial charge in [-0.2, -0.15) is 0 Å². The molecule has 1 atom stereocenters. The third kappa shape index (κ3) is 1.51. The lowest BCUT2D eigenvalue weighted by Gasteiger charge is -2.08. The van der Waals surface area contributed by atoms with Gasteiger partial charge in [0, 0.05) is 11.6 Å². The number of alkyl halides is 1. The van der Waals surface area contributed by atoms with Gasteiger partial charge in [0.1, 0.15) is 6.17 Å². The van der Waals surface area contributed by atoms with Crippen LogP contribution >= 0.6 is 11.6 Å². The summed E-state index contributed by atoms with van der Waals surface area (Å²) < 4.78 is 23.3. The third-order valence-electron chi connectivity index (χ3n) is 1.99. The van der Waals surface area contributed by atoms with Crippen molar-refractivity contribution < 1.29 is 19.0 Å². The molecule has 3 nitrogen and oxygen atoms in total. The van der Waals surface area contributed by atoms with Crippen LogP contribution < -0.4 is 9.47 Å². The zero-order valence-corrected chi connectivity index (χ0v) is 7.92. The smallest absolute Gasteiger partial charge is 0.231 e. The molecule has 0 amide bonds. The van der Waals surface area contributed by atoms with Gasteiger partial charge in [0.2, 0.25) is 6.79 Å². The summed E-state index contributed by atoms with van der Waals surface area (Å²) in [5, 5.41) is 8.89. The highest BCUT2D eigenvalue weighted by atomic mass is 35.5. The molecule has 0 fully saturated rings. The molecule has 1 N–H and O–H groups in total. The average molecular weight is 219 g/mol. The molecule has 1 heterocycles. The molecule has 1 aliphatic rings. The van der Waals surface area contributed by atoms with Crippen LogP contribution in [0.25, 0.3) is 0 Å². The van der Waals surface area contributed by atoms with E-state index in [-0.39, 0.29) is 17.4 Å². The first kappa shape index (κ1) is 9.55. The predicted octanol–water partition coefficient (Wildman–Crippen LogP) is 2.07. The summed E-state index contributed by atoms with van der Waals surface area (Å²) >= 11 is 5.79. The Morgan fingerprint density at radius 3 is 2.71 bits per heavy atom. The minimum absolute atomic E-state index is 0.116. The van der Waals surface area contributed by atoms with Crippen LogP contribution in [0.1, 0.15) is 11.7 Å². The molecule has 0 spiro atoms. The van der Waals surface area contributed by atoms with E-state index in [1.165, 1.54) is 12.1 Å². The molecule has 1 aromatic rings. The highest BCUT2D eigenvalue weighted by molar-refractivity contribution is 6.31. The van der Waals surface area contributed by atoms with E-state index in [1.54, 1.807) is 0 Å². The third-order valence-corrected chi connectivity index (χ3v) is 2.32. The normalized spacial score (nSPS) is 15.6. The monoisotopic (exact) mass is 218 g/mol. The van der Waals surface area contributed by atoms with Gasteiger partial charge in [0.15, 0.2) is 11.5 Å². The van der Waals surface area contributed by atoms with E-state index in [0.29, 0.717) is 11.5 Å².